The van der Waals surface area contributed by atoms with E-state index in [1.165, 1.54) is 24.3 Å². The molecule has 1 amide bonds. The molecule has 1 aromatic carbocycles. The molecular weight excluding hydrogens is 347 g/mol. The topological polar surface area (TPSA) is 67.4 Å². The number of nitrogens with zero attached hydrogens (tertiary/aromatic N) is 3. The van der Waals surface area contributed by atoms with Gasteiger partial charge in [-0.25, -0.2) is 14.4 Å². The fraction of sp³-hybridized carbons (Fsp3) is 0.150. The van der Waals surface area contributed by atoms with E-state index >= 15 is 0 Å². The maximum Gasteiger partial charge on any atom is 0.270 e. The van der Waals surface area contributed by atoms with E-state index < -0.39 is 0 Å². The minimum Gasteiger partial charge on any atom is -0.439 e. The first-order valence-electron chi connectivity index (χ1n) is 8.31. The highest BCUT2D eigenvalue weighted by atomic mass is 19.1. The van der Waals surface area contributed by atoms with Crippen molar-refractivity contribution < 1.29 is 13.9 Å². The molecule has 2 aromatic heterocycles. The number of ether oxygens (including phenoxy) is 1. The summed E-state index contributed by atoms with van der Waals surface area (Å²) in [6, 6.07) is 12.7. The summed E-state index contributed by atoms with van der Waals surface area (Å²) in [4.78, 5) is 22.4. The van der Waals surface area contributed by atoms with Gasteiger partial charge in [0.25, 0.3) is 5.91 Å². The van der Waals surface area contributed by atoms with E-state index in [1.807, 2.05) is 25.1 Å². The van der Waals surface area contributed by atoms with Crippen molar-refractivity contribution in [1.29, 1.82) is 0 Å². The highest BCUT2D eigenvalue weighted by Gasteiger charge is 2.08. The molecule has 0 unspecified atom stereocenters. The van der Waals surface area contributed by atoms with Crippen molar-refractivity contribution in [2.75, 3.05) is 19.0 Å². The molecule has 7 heteroatoms. The highest BCUT2D eigenvalue weighted by molar-refractivity contribution is 5.92. The molecule has 0 bridgehead atoms. The van der Waals surface area contributed by atoms with Gasteiger partial charge in [-0.05, 0) is 42.0 Å². The number of pyridine rings is 2. The van der Waals surface area contributed by atoms with E-state index in [1.54, 1.807) is 30.6 Å². The van der Waals surface area contributed by atoms with Gasteiger partial charge in [-0.3, -0.25) is 4.79 Å². The Labute approximate surface area is 156 Å². The van der Waals surface area contributed by atoms with Gasteiger partial charge in [0.15, 0.2) is 0 Å². The fourth-order valence-corrected chi connectivity index (χ4v) is 2.26. The molecule has 3 rings (SSSR count). The summed E-state index contributed by atoms with van der Waals surface area (Å²) in [7, 11) is 3.82. The molecule has 0 spiro atoms. The van der Waals surface area contributed by atoms with Crippen LogP contribution in [-0.4, -0.2) is 30.0 Å². The minimum absolute atomic E-state index is 0.257. The van der Waals surface area contributed by atoms with E-state index in [-0.39, 0.29) is 11.7 Å². The van der Waals surface area contributed by atoms with Crippen LogP contribution in [0.15, 0.2) is 60.9 Å². The predicted molar refractivity (Wildman–Crippen MR) is 100 cm³/mol. The quantitative estimate of drug-likeness (QED) is 0.724. The van der Waals surface area contributed by atoms with Crippen LogP contribution in [0.25, 0.3) is 0 Å². The molecule has 0 aliphatic carbocycles. The summed E-state index contributed by atoms with van der Waals surface area (Å²) in [6.07, 6.45) is 3.26. The second-order valence-electron chi connectivity index (χ2n) is 6.04. The SMILES string of the molecule is CN(C)c1ccc(C(=O)NCc2ccc(Oc3ccc(F)cc3)nc2)nc1. The number of anilines is 1. The summed E-state index contributed by atoms with van der Waals surface area (Å²) in [5.41, 5.74) is 2.09. The predicted octanol–water partition coefficient (Wildman–Crippen LogP) is 3.40. The zero-order valence-electron chi connectivity index (χ0n) is 15.0. The number of halogens is 1. The maximum absolute atomic E-state index is 12.9. The maximum atomic E-state index is 12.9. The Kier molecular flexibility index (Phi) is 5.61. The molecule has 0 aliphatic heterocycles. The summed E-state index contributed by atoms with van der Waals surface area (Å²) in [5.74, 6) is 0.300. The van der Waals surface area contributed by atoms with Crippen molar-refractivity contribution in [1.82, 2.24) is 15.3 Å². The molecule has 0 fully saturated rings. The smallest absolute Gasteiger partial charge is 0.270 e. The van der Waals surface area contributed by atoms with E-state index in [9.17, 15) is 9.18 Å². The van der Waals surface area contributed by atoms with Gasteiger partial charge < -0.3 is 15.0 Å². The fourth-order valence-electron chi connectivity index (χ4n) is 2.26. The van der Waals surface area contributed by atoms with Gasteiger partial charge in [-0.15, -0.1) is 0 Å². The van der Waals surface area contributed by atoms with Gasteiger partial charge >= 0.3 is 0 Å². The lowest BCUT2D eigenvalue weighted by atomic mass is 10.2. The lowest BCUT2D eigenvalue weighted by Gasteiger charge is -2.12. The van der Waals surface area contributed by atoms with Crippen LogP contribution in [0.2, 0.25) is 0 Å². The summed E-state index contributed by atoms with van der Waals surface area (Å²) >= 11 is 0. The lowest BCUT2D eigenvalue weighted by Crippen LogP contribution is -2.24. The molecule has 3 aromatic rings. The zero-order chi connectivity index (χ0) is 19.2. The average molecular weight is 366 g/mol. The van der Waals surface area contributed by atoms with Crippen LogP contribution >= 0.6 is 0 Å². The first kappa shape index (κ1) is 18.3. The van der Waals surface area contributed by atoms with Crippen LogP contribution in [-0.2, 0) is 6.54 Å². The third-order valence-corrected chi connectivity index (χ3v) is 3.78. The second-order valence-corrected chi connectivity index (χ2v) is 6.04. The van der Waals surface area contributed by atoms with Crippen LogP contribution in [0.5, 0.6) is 11.6 Å². The molecule has 0 saturated carbocycles. The van der Waals surface area contributed by atoms with Gasteiger partial charge in [-0.2, -0.15) is 0 Å². The summed E-state index contributed by atoms with van der Waals surface area (Å²) in [6.45, 7) is 0.319. The molecule has 2 heterocycles. The average Bonchev–Trinajstić information content (AvgIpc) is 2.69. The van der Waals surface area contributed by atoms with Crippen LogP contribution < -0.4 is 15.0 Å². The summed E-state index contributed by atoms with van der Waals surface area (Å²) < 4.78 is 18.4. The van der Waals surface area contributed by atoms with E-state index in [0.29, 0.717) is 23.9 Å². The Morgan fingerprint density at radius 2 is 1.81 bits per heavy atom. The normalized spacial score (nSPS) is 10.3. The number of hydrogen-bond donors (Lipinski definition) is 1. The number of amides is 1. The molecule has 0 saturated heterocycles. The first-order chi connectivity index (χ1) is 13.0. The van der Waals surface area contributed by atoms with Crippen molar-refractivity contribution in [3.05, 3.63) is 78.0 Å². The standard InChI is InChI=1S/C20H19FN4O2/c1-25(2)16-6-9-18(22-13-16)20(26)24-12-14-3-10-19(23-11-14)27-17-7-4-15(21)5-8-17/h3-11,13H,12H2,1-2H3,(H,24,26). The first-order valence-corrected chi connectivity index (χ1v) is 8.31. The Morgan fingerprint density at radius 1 is 1.04 bits per heavy atom. The highest BCUT2D eigenvalue weighted by Crippen LogP contribution is 2.19. The van der Waals surface area contributed by atoms with Gasteiger partial charge in [-0.1, -0.05) is 6.07 Å². The number of carbonyl (C=O) groups is 1. The number of rotatable bonds is 6. The number of benzene rings is 1. The van der Waals surface area contributed by atoms with Gasteiger partial charge in [0.05, 0.1) is 11.9 Å². The van der Waals surface area contributed by atoms with Crippen LogP contribution in [0.3, 0.4) is 0 Å². The molecule has 138 valence electrons. The van der Waals surface area contributed by atoms with Crippen molar-refractivity contribution in [3.8, 4) is 11.6 Å². The summed E-state index contributed by atoms with van der Waals surface area (Å²) in [5, 5.41) is 2.80. The zero-order valence-corrected chi connectivity index (χ0v) is 15.0. The van der Waals surface area contributed by atoms with Crippen molar-refractivity contribution in [2.45, 2.75) is 6.54 Å². The Morgan fingerprint density at radius 3 is 2.41 bits per heavy atom. The molecule has 6 nitrogen and oxygen atoms in total. The Hall–Kier alpha value is -3.48. The van der Waals surface area contributed by atoms with Crippen molar-refractivity contribution in [2.24, 2.45) is 0 Å². The van der Waals surface area contributed by atoms with Gasteiger partial charge in [0.1, 0.15) is 17.3 Å². The van der Waals surface area contributed by atoms with E-state index in [2.05, 4.69) is 15.3 Å². The largest absolute Gasteiger partial charge is 0.439 e. The van der Waals surface area contributed by atoms with Crippen molar-refractivity contribution in [3.63, 3.8) is 0 Å². The molecule has 1 N–H and O–H groups in total. The second kappa shape index (κ2) is 8.27. The van der Waals surface area contributed by atoms with Gasteiger partial charge in [0, 0.05) is 32.9 Å². The number of aromatic nitrogens is 2. The van der Waals surface area contributed by atoms with Crippen LogP contribution in [0.1, 0.15) is 16.1 Å². The molecule has 0 radical (unpaired) electrons. The molecular formula is C20H19FN4O2. The lowest BCUT2D eigenvalue weighted by molar-refractivity contribution is 0.0946. The van der Waals surface area contributed by atoms with Gasteiger partial charge in [0.2, 0.25) is 5.88 Å². The minimum atomic E-state index is -0.327. The molecule has 0 aliphatic rings. The number of carbonyl (C=O) groups excluding carboxylic acids is 1. The monoisotopic (exact) mass is 366 g/mol. The number of hydrogen-bond acceptors (Lipinski definition) is 5. The molecule has 0 atom stereocenters. The van der Waals surface area contributed by atoms with E-state index in [0.717, 1.165) is 11.3 Å². The Bertz CT molecular complexity index is 895. The van der Waals surface area contributed by atoms with Crippen LogP contribution in [0, 0.1) is 5.82 Å². The third-order valence-electron chi connectivity index (χ3n) is 3.78. The van der Waals surface area contributed by atoms with E-state index in [4.69, 9.17) is 4.74 Å². The van der Waals surface area contributed by atoms with Crippen molar-refractivity contribution >= 4 is 11.6 Å². The number of nitrogens with one attached hydrogen (secondary N) is 1. The Balaban J connectivity index is 1.55. The third kappa shape index (κ3) is 5.01. The van der Waals surface area contributed by atoms with Crippen LogP contribution in [0.4, 0.5) is 10.1 Å². The molecule has 27 heavy (non-hydrogen) atoms.